The van der Waals surface area contributed by atoms with Gasteiger partial charge in [-0.25, -0.2) is 19.2 Å². The van der Waals surface area contributed by atoms with E-state index < -0.39 is 11.8 Å². The van der Waals surface area contributed by atoms with Crippen LogP contribution in [-0.2, 0) is 13.5 Å². The molecule has 0 aliphatic carbocycles. The summed E-state index contributed by atoms with van der Waals surface area (Å²) in [4.78, 5) is 25.4. The predicted octanol–water partition coefficient (Wildman–Crippen LogP) is 3.41. The summed E-state index contributed by atoms with van der Waals surface area (Å²) in [5.41, 5.74) is 2.68. The Morgan fingerprint density at radius 3 is 2.82 bits per heavy atom. The molecule has 178 valence electrons. The van der Waals surface area contributed by atoms with Crippen LogP contribution in [0.2, 0.25) is 0 Å². The standard InChI is InChI=1S/C22H28FN7O.C2H6/c1-5-24-19-12-16(23)17(13-28(19)4)27-21(31)30-10-7-15-18(6-8-25-20(15)30)29-11-9-26-22(2,3)14-29;1-2/h5-6,8,12-13,26H,1,7,9-11,14H2,2-4H3,(H,27,31);1-2H3. The molecule has 0 radical (unpaired) electrons. The second kappa shape index (κ2) is 10.2. The van der Waals surface area contributed by atoms with Gasteiger partial charge in [-0.05, 0) is 26.3 Å². The van der Waals surface area contributed by atoms with Crippen LogP contribution in [0.15, 0.2) is 42.3 Å². The van der Waals surface area contributed by atoms with Crippen molar-refractivity contribution in [2.75, 3.05) is 41.3 Å². The van der Waals surface area contributed by atoms with Gasteiger partial charge in [-0.1, -0.05) is 20.4 Å². The number of carbonyl (C=O) groups excluding carboxylic acids is 1. The van der Waals surface area contributed by atoms with Gasteiger partial charge in [0.15, 0.2) is 5.82 Å². The van der Waals surface area contributed by atoms with Gasteiger partial charge in [-0.3, -0.25) is 4.90 Å². The molecule has 4 rings (SSSR count). The van der Waals surface area contributed by atoms with E-state index in [4.69, 9.17) is 0 Å². The van der Waals surface area contributed by atoms with Crippen molar-refractivity contribution in [1.82, 2.24) is 14.9 Å². The fourth-order valence-corrected chi connectivity index (χ4v) is 4.23. The molecule has 0 bridgehead atoms. The van der Waals surface area contributed by atoms with Crippen molar-refractivity contribution in [2.24, 2.45) is 12.0 Å². The fourth-order valence-electron chi connectivity index (χ4n) is 4.23. The molecule has 2 aliphatic heterocycles. The van der Waals surface area contributed by atoms with Gasteiger partial charge in [-0.2, -0.15) is 0 Å². The Morgan fingerprint density at radius 2 is 2.12 bits per heavy atom. The molecule has 8 nitrogen and oxygen atoms in total. The number of rotatable bonds is 3. The third-order valence-corrected chi connectivity index (χ3v) is 5.67. The minimum Gasteiger partial charge on any atom is -0.368 e. The molecular weight excluding hydrogens is 421 g/mol. The summed E-state index contributed by atoms with van der Waals surface area (Å²) in [7, 11) is 1.73. The van der Waals surface area contributed by atoms with Gasteiger partial charge in [0.1, 0.15) is 11.3 Å². The highest BCUT2D eigenvalue weighted by molar-refractivity contribution is 6.03. The van der Waals surface area contributed by atoms with Gasteiger partial charge in [0, 0.05) is 74.7 Å². The third-order valence-electron chi connectivity index (χ3n) is 5.67. The van der Waals surface area contributed by atoms with Crippen molar-refractivity contribution in [1.29, 1.82) is 0 Å². The SMILES string of the molecule is C=CN=c1cc(F)c(NC(=O)N2CCc3c(N4CCNC(C)(C)C4)ccnc32)cn1C.CC. The molecule has 2 aromatic rings. The van der Waals surface area contributed by atoms with Crippen LogP contribution in [0.4, 0.5) is 26.4 Å². The molecule has 2 aliphatic rings. The van der Waals surface area contributed by atoms with Gasteiger partial charge in [-0.15, -0.1) is 0 Å². The minimum atomic E-state index is -0.559. The molecule has 0 unspecified atom stereocenters. The summed E-state index contributed by atoms with van der Waals surface area (Å²) in [5, 5.41) is 6.20. The summed E-state index contributed by atoms with van der Waals surface area (Å²) >= 11 is 0. The van der Waals surface area contributed by atoms with E-state index in [0.717, 1.165) is 30.9 Å². The van der Waals surface area contributed by atoms with E-state index in [-0.39, 0.29) is 11.2 Å². The lowest BCUT2D eigenvalue weighted by molar-refractivity contribution is 0.257. The zero-order valence-electron chi connectivity index (χ0n) is 20.2. The number of fused-ring (bicyclic) bond motifs is 1. The number of pyridine rings is 2. The predicted molar refractivity (Wildman–Crippen MR) is 131 cm³/mol. The zero-order chi connectivity index (χ0) is 24.2. The lowest BCUT2D eigenvalue weighted by Crippen LogP contribution is -2.57. The molecule has 2 amide bonds. The topological polar surface area (TPSA) is 77.8 Å². The number of carbonyl (C=O) groups is 1. The van der Waals surface area contributed by atoms with Crippen LogP contribution in [0, 0.1) is 5.82 Å². The molecule has 1 fully saturated rings. The number of amides is 2. The second-order valence-electron chi connectivity index (χ2n) is 8.51. The summed E-state index contributed by atoms with van der Waals surface area (Å²) in [6.45, 7) is 15.1. The van der Waals surface area contributed by atoms with Gasteiger partial charge < -0.3 is 20.1 Å². The highest BCUT2D eigenvalue weighted by atomic mass is 19.1. The number of hydrogen-bond acceptors (Lipinski definition) is 5. The molecular formula is C24H34FN7O. The lowest BCUT2D eigenvalue weighted by Gasteiger charge is -2.41. The van der Waals surface area contributed by atoms with Gasteiger partial charge in [0.2, 0.25) is 0 Å². The smallest absolute Gasteiger partial charge is 0.327 e. The molecule has 0 atom stereocenters. The van der Waals surface area contributed by atoms with Crippen LogP contribution in [0.5, 0.6) is 0 Å². The van der Waals surface area contributed by atoms with E-state index in [0.29, 0.717) is 24.3 Å². The number of urea groups is 1. The van der Waals surface area contributed by atoms with Crippen LogP contribution in [0.25, 0.3) is 0 Å². The normalized spacial score (nSPS) is 17.2. The largest absolute Gasteiger partial charge is 0.368 e. The number of aryl methyl sites for hydroxylation is 1. The fraction of sp³-hybridized carbons (Fsp3) is 0.458. The number of piperazine rings is 1. The zero-order valence-corrected chi connectivity index (χ0v) is 20.2. The Morgan fingerprint density at radius 1 is 1.36 bits per heavy atom. The number of hydrogen-bond donors (Lipinski definition) is 2. The molecule has 0 aromatic carbocycles. The van der Waals surface area contributed by atoms with E-state index in [1.807, 2.05) is 19.9 Å². The second-order valence-corrected chi connectivity index (χ2v) is 8.51. The van der Waals surface area contributed by atoms with E-state index in [9.17, 15) is 9.18 Å². The van der Waals surface area contributed by atoms with Crippen LogP contribution < -0.4 is 25.9 Å². The highest BCUT2D eigenvalue weighted by Gasteiger charge is 2.32. The monoisotopic (exact) mass is 455 g/mol. The Hall–Kier alpha value is -3.20. The van der Waals surface area contributed by atoms with Gasteiger partial charge >= 0.3 is 6.03 Å². The van der Waals surface area contributed by atoms with Crippen LogP contribution in [0.1, 0.15) is 33.3 Å². The maximum absolute atomic E-state index is 14.5. The van der Waals surface area contributed by atoms with Crippen molar-refractivity contribution in [2.45, 2.75) is 39.7 Å². The summed E-state index contributed by atoms with van der Waals surface area (Å²) in [5.74, 6) is 0.0747. The number of anilines is 3. The quantitative estimate of drug-likeness (QED) is 0.744. The Kier molecular flexibility index (Phi) is 7.53. The first-order valence-corrected chi connectivity index (χ1v) is 11.4. The van der Waals surface area contributed by atoms with Crippen LogP contribution >= 0.6 is 0 Å². The summed E-state index contributed by atoms with van der Waals surface area (Å²) in [6.07, 6.45) is 5.29. The highest BCUT2D eigenvalue weighted by Crippen LogP contribution is 2.35. The third kappa shape index (κ3) is 5.24. The summed E-state index contributed by atoms with van der Waals surface area (Å²) < 4.78 is 16.1. The first-order valence-electron chi connectivity index (χ1n) is 11.4. The maximum atomic E-state index is 14.5. The molecule has 9 heteroatoms. The van der Waals surface area contributed by atoms with Crippen molar-refractivity contribution >= 4 is 23.2 Å². The number of nitrogens with zero attached hydrogens (tertiary/aromatic N) is 5. The van der Waals surface area contributed by atoms with Gasteiger partial charge in [0.05, 0.1) is 5.69 Å². The Labute approximate surface area is 194 Å². The number of halogens is 1. The molecule has 0 saturated carbocycles. The van der Waals surface area contributed by atoms with Crippen LogP contribution in [-0.4, -0.2) is 47.3 Å². The Bertz CT molecular complexity index is 1090. The molecule has 4 heterocycles. The first kappa shape index (κ1) is 24.4. The minimum absolute atomic E-state index is 0.0150. The van der Waals surface area contributed by atoms with Crippen molar-refractivity contribution < 1.29 is 9.18 Å². The molecule has 1 saturated heterocycles. The first-order chi connectivity index (χ1) is 15.8. The molecule has 33 heavy (non-hydrogen) atoms. The number of aromatic nitrogens is 2. The summed E-state index contributed by atoms with van der Waals surface area (Å²) in [6, 6.07) is 2.87. The number of nitrogens with one attached hydrogen (secondary N) is 2. The van der Waals surface area contributed by atoms with Crippen molar-refractivity contribution in [3.05, 3.63) is 54.2 Å². The van der Waals surface area contributed by atoms with Crippen LogP contribution in [0.3, 0.4) is 0 Å². The molecule has 0 spiro atoms. The van der Waals surface area contributed by atoms with E-state index in [2.05, 4.69) is 45.9 Å². The average molecular weight is 456 g/mol. The maximum Gasteiger partial charge on any atom is 0.327 e. The average Bonchev–Trinajstić information content (AvgIpc) is 3.22. The molecule has 2 N–H and O–H groups in total. The van der Waals surface area contributed by atoms with E-state index >= 15 is 0 Å². The van der Waals surface area contributed by atoms with Gasteiger partial charge in [0.25, 0.3) is 0 Å². The van der Waals surface area contributed by atoms with Crippen molar-refractivity contribution in [3.63, 3.8) is 0 Å². The van der Waals surface area contributed by atoms with Crippen molar-refractivity contribution in [3.8, 4) is 0 Å². The van der Waals surface area contributed by atoms with E-state index in [1.165, 1.54) is 18.5 Å². The molecule has 2 aromatic heterocycles. The van der Waals surface area contributed by atoms with E-state index in [1.54, 1.807) is 22.7 Å². The Balaban J connectivity index is 0.00000149. The lowest BCUT2D eigenvalue weighted by atomic mass is 10.0.